The summed E-state index contributed by atoms with van der Waals surface area (Å²) in [5.41, 5.74) is -0.132. The Hall–Kier alpha value is -3.70. The highest BCUT2D eigenvalue weighted by Crippen LogP contribution is 2.44. The Balaban J connectivity index is 1.30. The normalized spacial score (nSPS) is 26.8. The zero-order valence-electron chi connectivity index (χ0n) is 24.0. The minimum Gasteiger partial charge on any atom is -0.475 e. The smallest absolute Gasteiger partial charge is 0.319 e. The number of anilines is 1. The molecule has 4 aliphatic heterocycles. The summed E-state index contributed by atoms with van der Waals surface area (Å²) >= 11 is 0. The number of nitrogens with one attached hydrogen (secondary N) is 1. The van der Waals surface area contributed by atoms with E-state index in [4.69, 9.17) is 14.5 Å². The van der Waals surface area contributed by atoms with Crippen molar-refractivity contribution in [3.8, 4) is 23.1 Å². The van der Waals surface area contributed by atoms with Gasteiger partial charge in [0.15, 0.2) is 5.82 Å². The molecular weight excluding hydrogens is 557 g/mol. The van der Waals surface area contributed by atoms with Gasteiger partial charge < -0.3 is 19.7 Å². The van der Waals surface area contributed by atoms with E-state index in [9.17, 15) is 8.78 Å². The lowest BCUT2D eigenvalue weighted by Crippen LogP contribution is -2.60. The number of hydrogen-bond acceptors (Lipinski definition) is 8. The van der Waals surface area contributed by atoms with Crippen LogP contribution in [0.2, 0.25) is 0 Å². The maximum Gasteiger partial charge on any atom is 0.319 e. The Labute approximate surface area is 247 Å². The van der Waals surface area contributed by atoms with Gasteiger partial charge in [-0.1, -0.05) is 31.2 Å². The van der Waals surface area contributed by atoms with Gasteiger partial charge in [-0.2, -0.15) is 9.97 Å². The SMILES string of the molecule is CC[C@@H]1NCCN2c3nc(OC[C@@]45CCCN4C[C@H](F)C5)nc4c(F)c(-c5cc(F)cc6ccccc56)nc(c34)OC[C@H]12. The molecule has 0 amide bonds. The first-order valence-electron chi connectivity index (χ1n) is 15.2. The van der Waals surface area contributed by atoms with Gasteiger partial charge >= 0.3 is 6.01 Å². The minimum atomic E-state index is -0.898. The number of ether oxygens (including phenoxy) is 2. The van der Waals surface area contributed by atoms with Crippen LogP contribution in [-0.4, -0.2) is 83.0 Å². The average Bonchev–Trinajstić information content (AvgIpc) is 3.48. The fourth-order valence-corrected chi connectivity index (χ4v) is 7.72. The Morgan fingerprint density at radius 3 is 2.91 bits per heavy atom. The molecule has 3 fully saturated rings. The molecule has 0 radical (unpaired) electrons. The molecule has 1 N–H and O–H groups in total. The van der Waals surface area contributed by atoms with Crippen molar-refractivity contribution >= 4 is 27.5 Å². The molecule has 3 saturated heterocycles. The van der Waals surface area contributed by atoms with Crippen molar-refractivity contribution in [2.24, 2.45) is 0 Å². The van der Waals surface area contributed by atoms with Crippen molar-refractivity contribution in [1.82, 2.24) is 25.2 Å². The summed E-state index contributed by atoms with van der Waals surface area (Å²) in [6.07, 6.45) is 2.18. The summed E-state index contributed by atoms with van der Waals surface area (Å²) in [4.78, 5) is 18.4. The molecule has 4 atom stereocenters. The van der Waals surface area contributed by atoms with Crippen molar-refractivity contribution in [2.45, 2.75) is 56.4 Å². The van der Waals surface area contributed by atoms with Crippen LogP contribution in [0.4, 0.5) is 19.0 Å². The molecule has 8 nitrogen and oxygen atoms in total. The highest BCUT2D eigenvalue weighted by Gasteiger charge is 2.49. The van der Waals surface area contributed by atoms with Gasteiger partial charge in [-0.05, 0) is 48.7 Å². The molecule has 2 aromatic carbocycles. The van der Waals surface area contributed by atoms with Gasteiger partial charge in [0.25, 0.3) is 0 Å². The minimum absolute atomic E-state index is 0.0103. The van der Waals surface area contributed by atoms with E-state index in [-0.39, 0.29) is 41.8 Å². The number of fused-ring (bicyclic) bond motifs is 4. The van der Waals surface area contributed by atoms with Gasteiger partial charge in [-0.25, -0.2) is 18.2 Å². The summed E-state index contributed by atoms with van der Waals surface area (Å²) in [5.74, 6) is -0.471. The van der Waals surface area contributed by atoms with E-state index in [1.807, 2.05) is 18.2 Å². The quantitative estimate of drug-likeness (QED) is 0.347. The fraction of sp³-hybridized carbons (Fsp3) is 0.469. The predicted molar refractivity (Wildman–Crippen MR) is 157 cm³/mol. The predicted octanol–water partition coefficient (Wildman–Crippen LogP) is 5.03. The van der Waals surface area contributed by atoms with Crippen molar-refractivity contribution in [1.29, 1.82) is 0 Å². The second kappa shape index (κ2) is 10.2. The van der Waals surface area contributed by atoms with Crippen LogP contribution in [0, 0.1) is 11.6 Å². The van der Waals surface area contributed by atoms with Gasteiger partial charge in [0, 0.05) is 37.7 Å². The lowest BCUT2D eigenvalue weighted by Gasteiger charge is -2.41. The average molecular weight is 591 g/mol. The van der Waals surface area contributed by atoms with E-state index < -0.39 is 23.3 Å². The highest BCUT2D eigenvalue weighted by atomic mass is 19.1. The van der Waals surface area contributed by atoms with E-state index in [1.54, 1.807) is 6.07 Å². The molecule has 0 spiro atoms. The van der Waals surface area contributed by atoms with Crippen LogP contribution in [0.1, 0.15) is 32.6 Å². The van der Waals surface area contributed by atoms with E-state index in [2.05, 4.69) is 32.0 Å². The number of hydrogen-bond donors (Lipinski definition) is 1. The Kier molecular flexibility index (Phi) is 6.38. The maximum absolute atomic E-state index is 16.7. The van der Waals surface area contributed by atoms with E-state index >= 15 is 4.39 Å². The standard InChI is InChI=1S/C32H33F3N6O2/c1-2-23-24-16-42-30-25-28(26(35)27(37-30)22-13-19(33)12-18-6-3-4-7-21(18)22)38-31(39-29(25)41(24)11-9-36-23)43-17-32-8-5-10-40(32)15-20(34)14-32/h3-4,6-7,12-13,20,23-24,36H,2,5,8-11,14-17H2,1H3/t20-,23+,24-,32+/m1/s1. The molecule has 11 heteroatoms. The number of pyridine rings is 1. The van der Waals surface area contributed by atoms with E-state index in [1.165, 1.54) is 12.1 Å². The molecule has 6 heterocycles. The second-order valence-corrected chi connectivity index (χ2v) is 12.2. The monoisotopic (exact) mass is 590 g/mol. The molecule has 0 saturated carbocycles. The Morgan fingerprint density at radius 1 is 1.14 bits per heavy atom. The highest BCUT2D eigenvalue weighted by molar-refractivity contribution is 6.01. The molecule has 0 aliphatic carbocycles. The second-order valence-electron chi connectivity index (χ2n) is 12.2. The third-order valence-corrected chi connectivity index (χ3v) is 9.75. The first-order chi connectivity index (χ1) is 20.9. The number of nitrogens with zero attached hydrogens (tertiary/aromatic N) is 5. The summed E-state index contributed by atoms with van der Waals surface area (Å²) in [7, 11) is 0. The van der Waals surface area contributed by atoms with Gasteiger partial charge in [0.2, 0.25) is 5.88 Å². The molecule has 224 valence electrons. The lowest BCUT2D eigenvalue weighted by atomic mass is 9.95. The van der Waals surface area contributed by atoms with E-state index in [0.717, 1.165) is 32.4 Å². The van der Waals surface area contributed by atoms with Crippen LogP contribution < -0.4 is 19.7 Å². The summed E-state index contributed by atoms with van der Waals surface area (Å²) in [6, 6.07) is 10.0. The molecule has 43 heavy (non-hydrogen) atoms. The summed E-state index contributed by atoms with van der Waals surface area (Å²) in [5, 5.41) is 5.23. The van der Waals surface area contributed by atoms with Crippen molar-refractivity contribution in [2.75, 3.05) is 44.3 Å². The van der Waals surface area contributed by atoms with Crippen molar-refractivity contribution in [3.05, 3.63) is 48.0 Å². The summed E-state index contributed by atoms with van der Waals surface area (Å²) < 4.78 is 58.6. The molecule has 4 aromatic rings. The van der Waals surface area contributed by atoms with Crippen LogP contribution in [0.15, 0.2) is 36.4 Å². The van der Waals surface area contributed by atoms with Crippen LogP contribution in [0.3, 0.4) is 0 Å². The molecule has 4 aliphatic rings. The van der Waals surface area contributed by atoms with Crippen LogP contribution in [0.5, 0.6) is 11.9 Å². The van der Waals surface area contributed by atoms with Crippen LogP contribution in [0.25, 0.3) is 32.9 Å². The van der Waals surface area contributed by atoms with Crippen LogP contribution >= 0.6 is 0 Å². The van der Waals surface area contributed by atoms with Crippen molar-refractivity contribution in [3.63, 3.8) is 0 Å². The van der Waals surface area contributed by atoms with Gasteiger partial charge in [0.1, 0.15) is 47.6 Å². The van der Waals surface area contributed by atoms with Gasteiger partial charge in [0.05, 0.1) is 11.6 Å². The topological polar surface area (TPSA) is 75.6 Å². The third kappa shape index (κ3) is 4.30. The first-order valence-corrected chi connectivity index (χ1v) is 15.2. The molecule has 2 aromatic heterocycles. The Bertz CT molecular complexity index is 1740. The zero-order chi connectivity index (χ0) is 29.3. The molecule has 8 rings (SSSR count). The fourth-order valence-electron chi connectivity index (χ4n) is 7.72. The van der Waals surface area contributed by atoms with Crippen LogP contribution in [-0.2, 0) is 0 Å². The Morgan fingerprint density at radius 2 is 2.02 bits per heavy atom. The number of piperazine rings is 1. The molecular formula is C32H33F3N6O2. The van der Waals surface area contributed by atoms with Crippen molar-refractivity contribution < 1.29 is 22.6 Å². The molecule has 0 bridgehead atoms. The lowest BCUT2D eigenvalue weighted by molar-refractivity contribution is 0.107. The van der Waals surface area contributed by atoms with Gasteiger partial charge in [-0.15, -0.1) is 0 Å². The third-order valence-electron chi connectivity index (χ3n) is 9.75. The largest absolute Gasteiger partial charge is 0.475 e. The number of aromatic nitrogens is 3. The molecule has 0 unspecified atom stereocenters. The van der Waals surface area contributed by atoms with E-state index in [0.29, 0.717) is 53.7 Å². The maximum atomic E-state index is 16.7. The number of alkyl halides is 1. The summed E-state index contributed by atoms with van der Waals surface area (Å²) in [6.45, 7) is 5.24. The van der Waals surface area contributed by atoms with Gasteiger partial charge in [-0.3, -0.25) is 4.90 Å². The first kappa shape index (κ1) is 26.9. The number of rotatable bonds is 5. The number of halogens is 3. The zero-order valence-corrected chi connectivity index (χ0v) is 24.0. The number of benzene rings is 2.